The Hall–Kier alpha value is -2.60. The van der Waals surface area contributed by atoms with Crippen molar-refractivity contribution in [2.45, 2.75) is 51.1 Å². The molecular formula is C21H26N4O2. The van der Waals surface area contributed by atoms with Gasteiger partial charge in [-0.15, -0.1) is 0 Å². The lowest BCUT2D eigenvalue weighted by Gasteiger charge is -2.26. The zero-order valence-electron chi connectivity index (χ0n) is 15.6. The molecule has 1 saturated carbocycles. The van der Waals surface area contributed by atoms with Gasteiger partial charge in [0.25, 0.3) is 5.91 Å². The van der Waals surface area contributed by atoms with Gasteiger partial charge in [-0.25, -0.2) is 4.98 Å². The van der Waals surface area contributed by atoms with Gasteiger partial charge in [0.1, 0.15) is 6.26 Å². The monoisotopic (exact) mass is 366 g/mol. The van der Waals surface area contributed by atoms with E-state index in [1.165, 1.54) is 6.26 Å². The van der Waals surface area contributed by atoms with E-state index >= 15 is 0 Å². The Bertz CT molecular complexity index is 921. The standard InChI is InChI=1S/C21H26N4O2/c1-13-6-8-15(9-7-13)24-20(26)19-12-27-21(25-19)17(22)10-14-11-23-18-5-3-2-4-16(14)18/h2-5,11-13,15,17,23H,6-10,22H2,1H3,(H,24,26). The van der Waals surface area contributed by atoms with Crippen molar-refractivity contribution in [2.75, 3.05) is 0 Å². The summed E-state index contributed by atoms with van der Waals surface area (Å²) in [5, 5.41) is 4.21. The van der Waals surface area contributed by atoms with E-state index in [2.05, 4.69) is 28.3 Å². The van der Waals surface area contributed by atoms with Crippen molar-refractivity contribution in [1.29, 1.82) is 0 Å². The highest BCUT2D eigenvalue weighted by molar-refractivity contribution is 5.92. The van der Waals surface area contributed by atoms with E-state index in [-0.39, 0.29) is 11.9 Å². The number of carbonyl (C=O) groups excluding carboxylic acids is 1. The summed E-state index contributed by atoms with van der Waals surface area (Å²) >= 11 is 0. The van der Waals surface area contributed by atoms with Crippen LogP contribution in [0.25, 0.3) is 10.9 Å². The minimum absolute atomic E-state index is 0.177. The number of nitrogens with one attached hydrogen (secondary N) is 2. The van der Waals surface area contributed by atoms with Gasteiger partial charge in [-0.3, -0.25) is 4.79 Å². The van der Waals surface area contributed by atoms with Crippen LogP contribution in [0.15, 0.2) is 41.1 Å². The van der Waals surface area contributed by atoms with Crippen LogP contribution in [0.4, 0.5) is 0 Å². The Morgan fingerprint density at radius 1 is 1.33 bits per heavy atom. The number of benzene rings is 1. The molecule has 1 atom stereocenters. The Morgan fingerprint density at radius 3 is 2.93 bits per heavy atom. The Balaban J connectivity index is 1.40. The van der Waals surface area contributed by atoms with E-state index in [4.69, 9.17) is 10.2 Å². The number of hydrogen-bond donors (Lipinski definition) is 3. The highest BCUT2D eigenvalue weighted by atomic mass is 16.3. The maximum atomic E-state index is 12.4. The van der Waals surface area contributed by atoms with E-state index < -0.39 is 6.04 Å². The molecule has 1 aliphatic carbocycles. The highest BCUT2D eigenvalue weighted by Gasteiger charge is 2.23. The number of fused-ring (bicyclic) bond motifs is 1. The van der Waals surface area contributed by atoms with Crippen LogP contribution in [0, 0.1) is 5.92 Å². The van der Waals surface area contributed by atoms with Gasteiger partial charge in [0, 0.05) is 23.1 Å². The molecule has 0 radical (unpaired) electrons. The molecule has 1 fully saturated rings. The van der Waals surface area contributed by atoms with E-state index in [0.29, 0.717) is 18.0 Å². The molecule has 0 bridgehead atoms. The van der Waals surface area contributed by atoms with Crippen LogP contribution in [-0.4, -0.2) is 21.9 Å². The minimum atomic E-state index is -0.402. The van der Waals surface area contributed by atoms with Crippen molar-refractivity contribution in [3.05, 3.63) is 53.9 Å². The first-order valence-corrected chi connectivity index (χ1v) is 9.67. The predicted molar refractivity (Wildman–Crippen MR) is 104 cm³/mol. The number of H-pyrrole nitrogens is 1. The van der Waals surface area contributed by atoms with Crippen molar-refractivity contribution in [3.8, 4) is 0 Å². The van der Waals surface area contributed by atoms with Crippen LogP contribution in [0.5, 0.6) is 0 Å². The molecule has 1 aliphatic rings. The van der Waals surface area contributed by atoms with Gasteiger partial charge < -0.3 is 20.5 Å². The molecule has 4 rings (SSSR count). The molecule has 1 aromatic carbocycles. The van der Waals surface area contributed by atoms with E-state index in [0.717, 1.165) is 48.1 Å². The summed E-state index contributed by atoms with van der Waals surface area (Å²) < 4.78 is 5.51. The molecule has 142 valence electrons. The summed E-state index contributed by atoms with van der Waals surface area (Å²) in [6.07, 6.45) is 8.33. The van der Waals surface area contributed by atoms with Gasteiger partial charge in [0.05, 0.1) is 6.04 Å². The van der Waals surface area contributed by atoms with Gasteiger partial charge in [0.15, 0.2) is 5.69 Å². The number of para-hydroxylation sites is 1. The first-order valence-electron chi connectivity index (χ1n) is 9.67. The summed E-state index contributed by atoms with van der Waals surface area (Å²) in [6.45, 7) is 2.26. The number of carbonyl (C=O) groups is 1. The SMILES string of the molecule is CC1CCC(NC(=O)c2coc(C(N)Cc3c[nH]c4ccccc34)n2)CC1. The van der Waals surface area contributed by atoms with Crippen LogP contribution in [0.1, 0.15) is 60.6 Å². The van der Waals surface area contributed by atoms with E-state index in [1.807, 2.05) is 24.4 Å². The van der Waals surface area contributed by atoms with Crippen LogP contribution in [0.2, 0.25) is 0 Å². The highest BCUT2D eigenvalue weighted by Crippen LogP contribution is 2.25. The Morgan fingerprint density at radius 2 is 2.11 bits per heavy atom. The third-order valence-corrected chi connectivity index (χ3v) is 5.54. The van der Waals surface area contributed by atoms with Crippen LogP contribution in [-0.2, 0) is 6.42 Å². The van der Waals surface area contributed by atoms with Gasteiger partial charge in [0.2, 0.25) is 5.89 Å². The molecule has 27 heavy (non-hydrogen) atoms. The van der Waals surface area contributed by atoms with E-state index in [1.54, 1.807) is 0 Å². The largest absolute Gasteiger partial charge is 0.446 e. The van der Waals surface area contributed by atoms with E-state index in [9.17, 15) is 4.79 Å². The van der Waals surface area contributed by atoms with Gasteiger partial charge in [-0.05, 0) is 49.7 Å². The van der Waals surface area contributed by atoms with Gasteiger partial charge >= 0.3 is 0 Å². The number of amides is 1. The molecule has 0 spiro atoms. The number of hydrogen-bond acceptors (Lipinski definition) is 4. The Kier molecular flexibility index (Phi) is 4.99. The summed E-state index contributed by atoms with van der Waals surface area (Å²) in [4.78, 5) is 20.0. The summed E-state index contributed by atoms with van der Waals surface area (Å²) in [5.74, 6) is 0.964. The summed E-state index contributed by atoms with van der Waals surface area (Å²) in [5.41, 5.74) is 8.78. The zero-order valence-corrected chi connectivity index (χ0v) is 15.6. The maximum absolute atomic E-state index is 12.4. The van der Waals surface area contributed by atoms with Crippen LogP contribution in [0.3, 0.4) is 0 Å². The molecule has 3 aromatic rings. The minimum Gasteiger partial charge on any atom is -0.446 e. The van der Waals surface area contributed by atoms with Crippen molar-refractivity contribution in [3.63, 3.8) is 0 Å². The average molecular weight is 366 g/mol. The van der Waals surface area contributed by atoms with Crippen molar-refractivity contribution in [1.82, 2.24) is 15.3 Å². The Labute approximate surface area is 158 Å². The molecule has 6 heteroatoms. The number of nitrogens with two attached hydrogens (primary N) is 1. The topological polar surface area (TPSA) is 96.9 Å². The summed E-state index contributed by atoms with van der Waals surface area (Å²) in [7, 11) is 0. The van der Waals surface area contributed by atoms with Crippen LogP contribution < -0.4 is 11.1 Å². The fourth-order valence-electron chi connectivity index (χ4n) is 3.85. The normalized spacial score (nSPS) is 21.3. The molecular weight excluding hydrogens is 340 g/mol. The van der Waals surface area contributed by atoms with Gasteiger partial charge in [-0.1, -0.05) is 25.1 Å². The molecule has 4 N–H and O–H groups in total. The molecule has 0 aliphatic heterocycles. The zero-order chi connectivity index (χ0) is 18.8. The quantitative estimate of drug-likeness (QED) is 0.641. The molecule has 0 saturated heterocycles. The van der Waals surface area contributed by atoms with Gasteiger partial charge in [-0.2, -0.15) is 0 Å². The third kappa shape index (κ3) is 3.90. The lowest BCUT2D eigenvalue weighted by molar-refractivity contribution is 0.0918. The lowest BCUT2D eigenvalue weighted by Crippen LogP contribution is -2.37. The predicted octanol–water partition coefficient (Wildman–Crippen LogP) is 3.71. The first-order chi connectivity index (χ1) is 13.1. The molecule has 1 amide bonds. The smallest absolute Gasteiger partial charge is 0.273 e. The molecule has 2 heterocycles. The second kappa shape index (κ2) is 7.56. The number of rotatable bonds is 5. The number of aromatic nitrogens is 2. The summed E-state index contributed by atoms with van der Waals surface area (Å²) in [6, 6.07) is 7.92. The number of aromatic amines is 1. The lowest BCUT2D eigenvalue weighted by atomic mass is 9.87. The second-order valence-corrected chi connectivity index (χ2v) is 7.67. The molecule has 6 nitrogen and oxygen atoms in total. The molecule has 2 aromatic heterocycles. The fraction of sp³-hybridized carbons (Fsp3) is 0.429. The van der Waals surface area contributed by atoms with Crippen molar-refractivity contribution >= 4 is 16.8 Å². The number of oxazole rings is 1. The fourth-order valence-corrected chi connectivity index (χ4v) is 3.85. The second-order valence-electron chi connectivity index (χ2n) is 7.67. The third-order valence-electron chi connectivity index (χ3n) is 5.54. The first kappa shape index (κ1) is 17.8. The van der Waals surface area contributed by atoms with Crippen molar-refractivity contribution in [2.24, 2.45) is 11.7 Å². The number of nitrogens with zero attached hydrogens (tertiary/aromatic N) is 1. The van der Waals surface area contributed by atoms with Crippen LogP contribution >= 0.6 is 0 Å². The molecule has 1 unspecified atom stereocenters. The average Bonchev–Trinajstić information content (AvgIpc) is 3.32. The van der Waals surface area contributed by atoms with Crippen molar-refractivity contribution < 1.29 is 9.21 Å². The maximum Gasteiger partial charge on any atom is 0.273 e.